The van der Waals surface area contributed by atoms with Crippen molar-refractivity contribution in [1.29, 1.82) is 0 Å². The smallest absolute Gasteiger partial charge is 0.216 e. The van der Waals surface area contributed by atoms with E-state index in [2.05, 4.69) is 29.1 Å². The number of nitrogens with zero attached hydrogens (tertiary/aromatic N) is 2. The molecule has 0 aliphatic carbocycles. The maximum Gasteiger partial charge on any atom is 0.216 e. The number of oxazole rings is 1. The molecule has 1 aromatic rings. The SMILES string of the molecule is CCc1cnc(CN=C2NC(CC)CCS2)o1. The van der Waals surface area contributed by atoms with Gasteiger partial charge in [0, 0.05) is 18.2 Å². The Labute approximate surface area is 106 Å². The van der Waals surface area contributed by atoms with Crippen LogP contribution >= 0.6 is 11.8 Å². The fourth-order valence-corrected chi connectivity index (χ4v) is 2.71. The van der Waals surface area contributed by atoms with E-state index >= 15 is 0 Å². The Morgan fingerprint density at radius 3 is 3.18 bits per heavy atom. The first-order valence-corrected chi connectivity index (χ1v) is 7.17. The molecule has 2 heterocycles. The Bertz CT molecular complexity index is 389. The monoisotopic (exact) mass is 253 g/mol. The summed E-state index contributed by atoms with van der Waals surface area (Å²) in [5.41, 5.74) is 0. The minimum atomic E-state index is 0.533. The predicted octanol–water partition coefficient (Wildman–Crippen LogP) is 2.60. The number of aromatic nitrogens is 1. The summed E-state index contributed by atoms with van der Waals surface area (Å²) < 4.78 is 5.52. The molecule has 5 heteroatoms. The second-order valence-corrected chi connectivity index (χ2v) is 5.17. The first kappa shape index (κ1) is 12.5. The van der Waals surface area contributed by atoms with Crippen LogP contribution in [0.1, 0.15) is 38.3 Å². The lowest BCUT2D eigenvalue weighted by molar-refractivity contribution is 0.461. The number of hydrogen-bond donors (Lipinski definition) is 1. The zero-order valence-electron chi connectivity index (χ0n) is 10.4. The minimum absolute atomic E-state index is 0.533. The lowest BCUT2D eigenvalue weighted by Crippen LogP contribution is -2.37. The molecule has 1 aromatic heterocycles. The number of aliphatic imine (C=N–C) groups is 1. The summed E-state index contributed by atoms with van der Waals surface area (Å²) in [5.74, 6) is 2.78. The van der Waals surface area contributed by atoms with Gasteiger partial charge < -0.3 is 9.73 Å². The molecule has 94 valence electrons. The van der Waals surface area contributed by atoms with Gasteiger partial charge in [0.05, 0.1) is 6.20 Å². The molecule has 1 aliphatic rings. The van der Waals surface area contributed by atoms with Crippen molar-refractivity contribution in [3.8, 4) is 0 Å². The van der Waals surface area contributed by atoms with Gasteiger partial charge >= 0.3 is 0 Å². The Balaban J connectivity index is 1.91. The van der Waals surface area contributed by atoms with E-state index in [0.29, 0.717) is 18.5 Å². The maximum absolute atomic E-state index is 5.52. The Hall–Kier alpha value is -0.970. The minimum Gasteiger partial charge on any atom is -0.444 e. The number of amidine groups is 1. The lowest BCUT2D eigenvalue weighted by Gasteiger charge is -2.23. The topological polar surface area (TPSA) is 50.4 Å². The molecule has 1 aliphatic heterocycles. The van der Waals surface area contributed by atoms with Crippen LogP contribution in [0.2, 0.25) is 0 Å². The molecule has 1 saturated heterocycles. The van der Waals surface area contributed by atoms with E-state index < -0.39 is 0 Å². The first-order chi connectivity index (χ1) is 8.31. The van der Waals surface area contributed by atoms with Gasteiger partial charge in [0.1, 0.15) is 12.3 Å². The van der Waals surface area contributed by atoms with Crippen LogP contribution in [-0.2, 0) is 13.0 Å². The van der Waals surface area contributed by atoms with Crippen LogP contribution in [0.15, 0.2) is 15.6 Å². The van der Waals surface area contributed by atoms with Gasteiger partial charge in [-0.05, 0) is 12.8 Å². The van der Waals surface area contributed by atoms with Crippen LogP contribution in [-0.4, -0.2) is 21.9 Å². The molecule has 0 radical (unpaired) electrons. The van der Waals surface area contributed by atoms with Crippen molar-refractivity contribution < 1.29 is 4.42 Å². The summed E-state index contributed by atoms with van der Waals surface area (Å²) in [5, 5.41) is 4.46. The van der Waals surface area contributed by atoms with Gasteiger partial charge in [-0.25, -0.2) is 4.98 Å². The molecule has 0 aromatic carbocycles. The van der Waals surface area contributed by atoms with Crippen molar-refractivity contribution in [1.82, 2.24) is 10.3 Å². The highest BCUT2D eigenvalue weighted by Crippen LogP contribution is 2.16. The molecule has 17 heavy (non-hydrogen) atoms. The van der Waals surface area contributed by atoms with Crippen molar-refractivity contribution in [2.45, 2.75) is 45.7 Å². The highest BCUT2D eigenvalue weighted by atomic mass is 32.2. The highest BCUT2D eigenvalue weighted by molar-refractivity contribution is 8.13. The summed E-state index contributed by atoms with van der Waals surface area (Å²) in [6.07, 6.45) is 5.04. The molecular formula is C12H19N3OS. The Kier molecular flexibility index (Phi) is 4.48. The third kappa shape index (κ3) is 3.49. The summed E-state index contributed by atoms with van der Waals surface area (Å²) in [6.45, 7) is 4.79. The molecule has 1 N–H and O–H groups in total. The van der Waals surface area contributed by atoms with Crippen LogP contribution < -0.4 is 5.32 Å². The standard InChI is InChI=1S/C12H19N3OS/c1-3-9-5-6-17-12(15-9)14-8-11-13-7-10(4-2)16-11/h7,9H,3-6,8H2,1-2H3,(H,14,15). The van der Waals surface area contributed by atoms with Crippen molar-refractivity contribution in [3.05, 3.63) is 17.8 Å². The van der Waals surface area contributed by atoms with E-state index in [9.17, 15) is 0 Å². The van der Waals surface area contributed by atoms with Gasteiger partial charge in [-0.15, -0.1) is 0 Å². The zero-order valence-corrected chi connectivity index (χ0v) is 11.2. The van der Waals surface area contributed by atoms with E-state index in [1.165, 1.54) is 6.42 Å². The van der Waals surface area contributed by atoms with Crippen LogP contribution in [0, 0.1) is 0 Å². The number of rotatable bonds is 4. The average Bonchev–Trinajstić information content (AvgIpc) is 2.84. The van der Waals surface area contributed by atoms with Gasteiger partial charge in [-0.2, -0.15) is 0 Å². The molecule has 2 rings (SSSR count). The van der Waals surface area contributed by atoms with Gasteiger partial charge in [0.15, 0.2) is 5.17 Å². The maximum atomic E-state index is 5.52. The second kappa shape index (κ2) is 6.10. The summed E-state index contributed by atoms with van der Waals surface area (Å²) >= 11 is 1.78. The first-order valence-electron chi connectivity index (χ1n) is 6.19. The van der Waals surface area contributed by atoms with E-state index in [1.807, 2.05) is 0 Å². The molecule has 0 amide bonds. The number of aryl methyl sites for hydroxylation is 1. The molecule has 0 saturated carbocycles. The normalized spacial score (nSPS) is 22.7. The average molecular weight is 253 g/mol. The lowest BCUT2D eigenvalue weighted by atomic mass is 10.2. The molecule has 1 atom stereocenters. The van der Waals surface area contributed by atoms with E-state index in [4.69, 9.17) is 4.42 Å². The van der Waals surface area contributed by atoms with Gasteiger partial charge in [0.25, 0.3) is 0 Å². The number of nitrogens with one attached hydrogen (secondary N) is 1. The Morgan fingerprint density at radius 1 is 1.59 bits per heavy atom. The summed E-state index contributed by atoms with van der Waals surface area (Å²) in [6, 6.07) is 0.575. The third-order valence-corrected chi connectivity index (χ3v) is 3.79. The number of hydrogen-bond acceptors (Lipinski definition) is 4. The molecular weight excluding hydrogens is 234 g/mol. The molecule has 0 bridgehead atoms. The highest BCUT2D eigenvalue weighted by Gasteiger charge is 2.15. The van der Waals surface area contributed by atoms with Crippen LogP contribution in [0.25, 0.3) is 0 Å². The van der Waals surface area contributed by atoms with Gasteiger partial charge in [-0.1, -0.05) is 25.6 Å². The predicted molar refractivity (Wildman–Crippen MR) is 71.3 cm³/mol. The molecule has 1 unspecified atom stereocenters. The molecule has 4 nitrogen and oxygen atoms in total. The van der Waals surface area contributed by atoms with Crippen molar-refractivity contribution in [2.24, 2.45) is 4.99 Å². The molecule has 1 fully saturated rings. The van der Waals surface area contributed by atoms with Crippen LogP contribution in [0.3, 0.4) is 0 Å². The quantitative estimate of drug-likeness (QED) is 0.896. The fourth-order valence-electron chi connectivity index (χ4n) is 1.71. The fraction of sp³-hybridized carbons (Fsp3) is 0.667. The van der Waals surface area contributed by atoms with Gasteiger partial charge in [-0.3, -0.25) is 4.99 Å². The van der Waals surface area contributed by atoms with Gasteiger partial charge in [0.2, 0.25) is 5.89 Å². The largest absolute Gasteiger partial charge is 0.444 e. The zero-order chi connectivity index (χ0) is 12.1. The molecule has 0 spiro atoms. The summed E-state index contributed by atoms with van der Waals surface area (Å²) in [7, 11) is 0. The van der Waals surface area contributed by atoms with Crippen molar-refractivity contribution in [3.63, 3.8) is 0 Å². The van der Waals surface area contributed by atoms with Crippen LogP contribution in [0.4, 0.5) is 0 Å². The number of thioether (sulfide) groups is 1. The van der Waals surface area contributed by atoms with Crippen molar-refractivity contribution >= 4 is 16.9 Å². The van der Waals surface area contributed by atoms with Crippen LogP contribution in [0.5, 0.6) is 0 Å². The van der Waals surface area contributed by atoms with E-state index in [0.717, 1.165) is 29.5 Å². The Morgan fingerprint density at radius 2 is 2.47 bits per heavy atom. The van der Waals surface area contributed by atoms with E-state index in [-0.39, 0.29) is 0 Å². The second-order valence-electron chi connectivity index (χ2n) is 4.08. The van der Waals surface area contributed by atoms with E-state index in [1.54, 1.807) is 18.0 Å². The summed E-state index contributed by atoms with van der Waals surface area (Å²) in [4.78, 5) is 8.71. The van der Waals surface area contributed by atoms with Crippen molar-refractivity contribution in [2.75, 3.05) is 5.75 Å². The third-order valence-electron chi connectivity index (χ3n) is 2.83.